The number of aromatic nitrogens is 4. The van der Waals surface area contributed by atoms with Crippen LogP contribution in [-0.4, -0.2) is 19.7 Å². The highest BCUT2D eigenvalue weighted by Gasteiger charge is 2.39. The molecule has 26 heavy (non-hydrogen) atoms. The van der Waals surface area contributed by atoms with Gasteiger partial charge in [0.2, 0.25) is 5.75 Å². The van der Waals surface area contributed by atoms with Crippen LogP contribution < -0.4 is 10.3 Å². The van der Waals surface area contributed by atoms with Crippen molar-refractivity contribution < 1.29 is 17.9 Å². The molecular formula is C15H9Cl2F3N4O2. The number of hydrogen-bond acceptors (Lipinski definition) is 4. The Hall–Kier alpha value is -2.52. The van der Waals surface area contributed by atoms with Gasteiger partial charge in [-0.15, -0.1) is 0 Å². The molecule has 11 heteroatoms. The van der Waals surface area contributed by atoms with Crippen LogP contribution in [0.25, 0.3) is 11.5 Å². The van der Waals surface area contributed by atoms with Crippen LogP contribution in [0.3, 0.4) is 0 Å². The van der Waals surface area contributed by atoms with E-state index < -0.39 is 23.2 Å². The summed E-state index contributed by atoms with van der Waals surface area (Å²) in [7, 11) is 1.50. The first kappa shape index (κ1) is 18.3. The Bertz CT molecular complexity index is 1030. The Morgan fingerprint density at radius 2 is 1.92 bits per heavy atom. The van der Waals surface area contributed by atoms with Crippen LogP contribution in [0.1, 0.15) is 5.69 Å². The average molecular weight is 405 g/mol. The number of aryl methyl sites for hydroxylation is 1. The minimum atomic E-state index is -4.92. The molecule has 0 aliphatic rings. The number of halogens is 5. The fraction of sp³-hybridized carbons (Fsp3) is 0.133. The number of nitrogens with zero attached hydrogens (tertiary/aromatic N) is 3. The molecule has 0 amide bonds. The second kappa shape index (κ2) is 6.65. The monoisotopic (exact) mass is 404 g/mol. The van der Waals surface area contributed by atoms with Gasteiger partial charge in [-0.05, 0) is 18.2 Å². The van der Waals surface area contributed by atoms with Crippen LogP contribution in [0.4, 0.5) is 13.2 Å². The van der Waals surface area contributed by atoms with E-state index in [-0.39, 0.29) is 27.3 Å². The SMILES string of the molecule is Cn1nccc1-c1nc(C(F)(F)F)c(Oc2ccc(Cl)c(Cl)c2)c(=O)[nH]1. The largest absolute Gasteiger partial charge is 0.449 e. The Labute approximate surface area is 154 Å². The second-order valence-corrected chi connectivity index (χ2v) is 5.92. The van der Waals surface area contributed by atoms with Crippen molar-refractivity contribution in [3.05, 3.63) is 56.6 Å². The number of hydrogen-bond donors (Lipinski definition) is 1. The summed E-state index contributed by atoms with van der Waals surface area (Å²) in [5, 5.41) is 4.09. The summed E-state index contributed by atoms with van der Waals surface area (Å²) >= 11 is 11.6. The van der Waals surface area contributed by atoms with Crippen LogP contribution >= 0.6 is 23.2 Å². The van der Waals surface area contributed by atoms with Crippen molar-refractivity contribution in [2.24, 2.45) is 7.05 Å². The molecule has 2 aromatic heterocycles. The van der Waals surface area contributed by atoms with Crippen LogP contribution in [-0.2, 0) is 13.2 Å². The molecule has 6 nitrogen and oxygen atoms in total. The number of aromatic amines is 1. The summed E-state index contributed by atoms with van der Waals surface area (Å²) in [5.41, 5.74) is -2.37. The summed E-state index contributed by atoms with van der Waals surface area (Å²) in [6.07, 6.45) is -3.56. The predicted molar refractivity (Wildman–Crippen MR) is 88.6 cm³/mol. The molecule has 0 aliphatic carbocycles. The first-order chi connectivity index (χ1) is 12.2. The molecule has 0 bridgehead atoms. The number of H-pyrrole nitrogens is 1. The van der Waals surface area contributed by atoms with Crippen molar-refractivity contribution in [2.75, 3.05) is 0 Å². The lowest BCUT2D eigenvalue weighted by Gasteiger charge is -2.13. The van der Waals surface area contributed by atoms with Crippen LogP contribution in [0.5, 0.6) is 11.5 Å². The van der Waals surface area contributed by atoms with Gasteiger partial charge in [0.15, 0.2) is 11.5 Å². The van der Waals surface area contributed by atoms with Gasteiger partial charge in [0, 0.05) is 19.3 Å². The van der Waals surface area contributed by atoms with E-state index in [1.807, 2.05) is 0 Å². The number of nitrogens with one attached hydrogen (secondary N) is 1. The highest BCUT2D eigenvalue weighted by Crippen LogP contribution is 2.36. The minimum absolute atomic E-state index is 0.0635. The van der Waals surface area contributed by atoms with E-state index in [4.69, 9.17) is 27.9 Å². The second-order valence-electron chi connectivity index (χ2n) is 5.11. The van der Waals surface area contributed by atoms with Crippen LogP contribution in [0.15, 0.2) is 35.3 Å². The lowest BCUT2D eigenvalue weighted by atomic mass is 10.3. The first-order valence-electron chi connectivity index (χ1n) is 6.99. The van der Waals surface area contributed by atoms with Crippen molar-refractivity contribution in [1.29, 1.82) is 0 Å². The number of ether oxygens (including phenoxy) is 1. The minimum Gasteiger partial charge on any atom is -0.449 e. The molecule has 3 rings (SSSR count). The quantitative estimate of drug-likeness (QED) is 0.706. The molecule has 0 saturated carbocycles. The van der Waals surface area contributed by atoms with Gasteiger partial charge in [0.1, 0.15) is 11.4 Å². The van der Waals surface area contributed by atoms with Crippen LogP contribution in [0, 0.1) is 0 Å². The van der Waals surface area contributed by atoms with E-state index >= 15 is 0 Å². The highest BCUT2D eigenvalue weighted by molar-refractivity contribution is 6.42. The van der Waals surface area contributed by atoms with Gasteiger partial charge < -0.3 is 9.72 Å². The van der Waals surface area contributed by atoms with Crippen molar-refractivity contribution in [3.8, 4) is 23.0 Å². The Kier molecular flexibility index (Phi) is 4.68. The maximum atomic E-state index is 13.4. The third-order valence-corrected chi connectivity index (χ3v) is 4.06. The molecule has 0 saturated heterocycles. The molecule has 1 aromatic carbocycles. The Morgan fingerprint density at radius 1 is 1.19 bits per heavy atom. The van der Waals surface area contributed by atoms with Gasteiger partial charge in [-0.2, -0.15) is 18.3 Å². The predicted octanol–water partition coefficient (Wildman–Crippen LogP) is 4.29. The third kappa shape index (κ3) is 3.54. The number of benzene rings is 1. The summed E-state index contributed by atoms with van der Waals surface area (Å²) in [5.74, 6) is -1.38. The zero-order valence-electron chi connectivity index (χ0n) is 12.9. The first-order valence-corrected chi connectivity index (χ1v) is 7.75. The zero-order valence-corrected chi connectivity index (χ0v) is 14.4. The van der Waals surface area contributed by atoms with E-state index in [2.05, 4.69) is 15.1 Å². The topological polar surface area (TPSA) is 72.8 Å². The fourth-order valence-corrected chi connectivity index (χ4v) is 2.42. The zero-order chi connectivity index (χ0) is 19.1. The van der Waals surface area contributed by atoms with E-state index in [1.165, 1.54) is 42.2 Å². The van der Waals surface area contributed by atoms with Crippen molar-refractivity contribution in [1.82, 2.24) is 19.7 Å². The molecule has 0 atom stereocenters. The summed E-state index contributed by atoms with van der Waals surface area (Å²) in [6.45, 7) is 0. The normalized spacial score (nSPS) is 11.6. The number of alkyl halides is 3. The average Bonchev–Trinajstić information content (AvgIpc) is 2.97. The van der Waals surface area contributed by atoms with Gasteiger partial charge in [0.05, 0.1) is 10.0 Å². The lowest BCUT2D eigenvalue weighted by molar-refractivity contribution is -0.142. The van der Waals surface area contributed by atoms with Crippen molar-refractivity contribution in [3.63, 3.8) is 0 Å². The smallest absolute Gasteiger partial charge is 0.437 e. The maximum Gasteiger partial charge on any atom is 0.437 e. The van der Waals surface area contributed by atoms with Gasteiger partial charge in [0.25, 0.3) is 5.56 Å². The molecular weight excluding hydrogens is 396 g/mol. The Morgan fingerprint density at radius 3 is 2.50 bits per heavy atom. The van der Waals surface area contributed by atoms with E-state index in [0.29, 0.717) is 0 Å². The van der Waals surface area contributed by atoms with Gasteiger partial charge in [-0.3, -0.25) is 9.48 Å². The van der Waals surface area contributed by atoms with Gasteiger partial charge >= 0.3 is 6.18 Å². The molecule has 0 spiro atoms. The Balaban J connectivity index is 2.14. The molecule has 0 fully saturated rings. The van der Waals surface area contributed by atoms with Gasteiger partial charge in [-0.25, -0.2) is 4.98 Å². The molecule has 136 valence electrons. The molecule has 2 heterocycles. The fourth-order valence-electron chi connectivity index (χ4n) is 2.13. The lowest BCUT2D eigenvalue weighted by Crippen LogP contribution is -2.21. The molecule has 0 aliphatic heterocycles. The molecule has 0 radical (unpaired) electrons. The summed E-state index contributed by atoms with van der Waals surface area (Å²) < 4.78 is 46.7. The molecule has 3 aromatic rings. The van der Waals surface area contributed by atoms with Crippen molar-refractivity contribution in [2.45, 2.75) is 6.18 Å². The molecule has 1 N–H and O–H groups in total. The maximum absolute atomic E-state index is 13.4. The standard InChI is InChI=1S/C15H9Cl2F3N4O2/c1-24-10(4-5-21-24)13-22-12(15(18,19)20)11(14(25)23-13)26-7-2-3-8(16)9(17)6-7/h2-6H,1H3,(H,22,23,25). The third-order valence-electron chi connectivity index (χ3n) is 3.32. The van der Waals surface area contributed by atoms with Gasteiger partial charge in [-0.1, -0.05) is 23.2 Å². The van der Waals surface area contributed by atoms with Crippen LogP contribution in [0.2, 0.25) is 10.0 Å². The van der Waals surface area contributed by atoms with Crippen molar-refractivity contribution >= 4 is 23.2 Å². The number of rotatable bonds is 3. The summed E-state index contributed by atoms with van der Waals surface area (Å²) in [6, 6.07) is 5.22. The van der Waals surface area contributed by atoms with E-state index in [1.54, 1.807) is 0 Å². The van der Waals surface area contributed by atoms with E-state index in [0.717, 1.165) is 0 Å². The summed E-state index contributed by atoms with van der Waals surface area (Å²) in [4.78, 5) is 18.0. The highest BCUT2D eigenvalue weighted by atomic mass is 35.5. The molecule has 0 unspecified atom stereocenters. The van der Waals surface area contributed by atoms with E-state index in [9.17, 15) is 18.0 Å².